The number of hydrogen-bond donors (Lipinski definition) is 0. The van der Waals surface area contributed by atoms with Gasteiger partial charge in [-0.1, -0.05) is 57.5 Å². The van der Waals surface area contributed by atoms with Gasteiger partial charge in [0.2, 0.25) is 17.0 Å². The van der Waals surface area contributed by atoms with Crippen LogP contribution in [0.15, 0.2) is 95.5 Å². The normalized spacial score (nSPS) is 22.6. The first-order valence-corrected chi connectivity index (χ1v) is 17.7. The van der Waals surface area contributed by atoms with Crippen molar-refractivity contribution in [3.05, 3.63) is 108 Å². The van der Waals surface area contributed by atoms with Crippen LogP contribution in [-0.2, 0) is 23.0 Å². The summed E-state index contributed by atoms with van der Waals surface area (Å²) in [4.78, 5) is 5.03. The van der Waals surface area contributed by atoms with E-state index < -0.39 is 16.6 Å². The maximum Gasteiger partial charge on any atom is 0.260 e. The van der Waals surface area contributed by atoms with Gasteiger partial charge in [0.15, 0.2) is 6.20 Å². The summed E-state index contributed by atoms with van der Waals surface area (Å²) in [5.41, 5.74) is 7.80. The van der Waals surface area contributed by atoms with Crippen molar-refractivity contribution >= 4 is 32.8 Å². The maximum absolute atomic E-state index is 6.99. The van der Waals surface area contributed by atoms with Crippen molar-refractivity contribution in [3.8, 4) is 22.8 Å². The van der Waals surface area contributed by atoms with Crippen LogP contribution in [0, 0.1) is 6.92 Å². The van der Waals surface area contributed by atoms with Gasteiger partial charge in [-0.05, 0) is 69.0 Å². The largest absolute Gasteiger partial charge is 0.455 e. The van der Waals surface area contributed by atoms with Crippen LogP contribution in [0.4, 0.5) is 0 Å². The number of para-hydroxylation sites is 1. The molecule has 0 amide bonds. The van der Waals surface area contributed by atoms with Gasteiger partial charge in [-0.2, -0.15) is 14.2 Å². The number of unbranched alkanes of at least 4 members (excludes halogenated alkanes) is 1. The van der Waals surface area contributed by atoms with Gasteiger partial charge in [0, 0.05) is 59.3 Å². The van der Waals surface area contributed by atoms with E-state index in [1.54, 1.807) is 0 Å². The second kappa shape index (κ2) is 10.1. The van der Waals surface area contributed by atoms with Gasteiger partial charge in [0.05, 0.1) is 5.56 Å². The van der Waals surface area contributed by atoms with Gasteiger partial charge in [-0.3, -0.25) is 0 Å². The molecule has 2 aliphatic heterocycles. The number of rotatable bonds is 6. The Labute approximate surface area is 281 Å². The van der Waals surface area contributed by atoms with Crippen molar-refractivity contribution < 1.29 is 13.6 Å². The summed E-state index contributed by atoms with van der Waals surface area (Å²) in [6, 6.07) is 31.3. The van der Waals surface area contributed by atoms with Gasteiger partial charge >= 0.3 is 0 Å². The van der Waals surface area contributed by atoms with E-state index in [2.05, 4.69) is 140 Å². The standard InChI is InChI=1S/C42H43N5O/c1-7-10-16-29-18-15-21-35-36(29)30-23-24-31-37(38(30)48-35)33-25-22-28-17-11-12-19-32(28)46(33)41(31,6)42(9-3)40(5,8-2)47-39(43-27(4)44-47)34-20-13-14-26-45(34)42/h11-15,17-26H,7-10,16H2,1-6H3/q+2. The van der Waals surface area contributed by atoms with Gasteiger partial charge in [0.1, 0.15) is 22.5 Å². The predicted octanol–water partition coefficient (Wildman–Crippen LogP) is 8.91. The highest BCUT2D eigenvalue weighted by Crippen LogP contribution is 2.58. The SMILES string of the molecule is CCCCc1cccc2oc3c4c(ccc3c12)C(C)(C1(CC)[n+]2ccccc2-c2nc(C)nn2C1(C)CC)[n+]1c-4ccc2ccccc21. The minimum Gasteiger partial charge on any atom is -0.455 e. The van der Waals surface area contributed by atoms with Crippen LogP contribution in [-0.4, -0.2) is 14.8 Å². The smallest absolute Gasteiger partial charge is 0.260 e. The minimum absolute atomic E-state index is 0.439. The molecule has 6 nitrogen and oxygen atoms in total. The summed E-state index contributed by atoms with van der Waals surface area (Å²) in [6.07, 6.45) is 7.40. The zero-order valence-electron chi connectivity index (χ0n) is 28.8. The number of aromatic nitrogens is 5. The van der Waals surface area contributed by atoms with Crippen LogP contribution >= 0.6 is 0 Å². The van der Waals surface area contributed by atoms with E-state index in [1.165, 1.54) is 50.5 Å². The molecule has 0 bridgehead atoms. The molecule has 240 valence electrons. The molecule has 0 saturated heterocycles. The lowest BCUT2D eigenvalue weighted by Gasteiger charge is -2.51. The van der Waals surface area contributed by atoms with Gasteiger partial charge < -0.3 is 4.42 Å². The summed E-state index contributed by atoms with van der Waals surface area (Å²) in [7, 11) is 0. The first-order chi connectivity index (χ1) is 23.3. The van der Waals surface area contributed by atoms with E-state index in [0.717, 1.165) is 54.2 Å². The highest BCUT2D eigenvalue weighted by atomic mass is 16.3. The van der Waals surface area contributed by atoms with Crippen LogP contribution < -0.4 is 9.13 Å². The Balaban J connectivity index is 1.47. The van der Waals surface area contributed by atoms with Crippen molar-refractivity contribution in [1.82, 2.24) is 14.8 Å². The van der Waals surface area contributed by atoms with E-state index in [1.807, 2.05) is 6.92 Å². The predicted molar refractivity (Wildman–Crippen MR) is 191 cm³/mol. The molecular weight excluding hydrogens is 590 g/mol. The Kier molecular flexibility index (Phi) is 6.16. The molecule has 7 aromatic rings. The molecule has 0 radical (unpaired) electrons. The van der Waals surface area contributed by atoms with Gasteiger partial charge in [-0.15, -0.1) is 0 Å². The topological polar surface area (TPSA) is 51.6 Å². The number of fused-ring (bicyclic) bond motifs is 12. The van der Waals surface area contributed by atoms with Crippen LogP contribution in [0.1, 0.15) is 77.3 Å². The third-order valence-electron chi connectivity index (χ3n) is 12.2. The van der Waals surface area contributed by atoms with Crippen LogP contribution in [0.25, 0.3) is 55.6 Å². The Hall–Kier alpha value is -4.84. The van der Waals surface area contributed by atoms with Crippen molar-refractivity contribution in [3.63, 3.8) is 0 Å². The summed E-state index contributed by atoms with van der Waals surface area (Å²) in [5.74, 6) is 1.73. The molecule has 6 heteroatoms. The molecule has 2 aliphatic rings. The molecule has 0 N–H and O–H groups in total. The monoisotopic (exact) mass is 633 g/mol. The average Bonchev–Trinajstić information content (AvgIpc) is 3.78. The van der Waals surface area contributed by atoms with Crippen LogP contribution in [0.2, 0.25) is 0 Å². The molecule has 0 aliphatic carbocycles. The number of nitrogens with zero attached hydrogens (tertiary/aromatic N) is 5. The Morgan fingerprint density at radius 1 is 0.833 bits per heavy atom. The molecule has 0 spiro atoms. The molecule has 3 unspecified atom stereocenters. The van der Waals surface area contributed by atoms with Crippen LogP contribution in [0.5, 0.6) is 0 Å². The highest BCUT2D eigenvalue weighted by Gasteiger charge is 2.77. The first-order valence-electron chi connectivity index (χ1n) is 17.7. The Morgan fingerprint density at radius 3 is 2.48 bits per heavy atom. The minimum atomic E-state index is -0.561. The average molecular weight is 634 g/mol. The highest BCUT2D eigenvalue weighted by molar-refractivity contribution is 6.11. The van der Waals surface area contributed by atoms with Crippen molar-refractivity contribution in [1.29, 1.82) is 0 Å². The van der Waals surface area contributed by atoms with Crippen molar-refractivity contribution in [2.24, 2.45) is 0 Å². The number of hydrogen-bond acceptors (Lipinski definition) is 3. The second-order valence-corrected chi connectivity index (χ2v) is 14.2. The zero-order valence-corrected chi connectivity index (χ0v) is 28.8. The maximum atomic E-state index is 6.99. The molecule has 4 aromatic heterocycles. The summed E-state index contributed by atoms with van der Waals surface area (Å²) >= 11 is 0. The summed E-state index contributed by atoms with van der Waals surface area (Å²) in [5, 5.41) is 8.85. The fourth-order valence-electron chi connectivity index (χ4n) is 10.0. The van der Waals surface area contributed by atoms with E-state index in [9.17, 15) is 0 Å². The van der Waals surface area contributed by atoms with E-state index in [4.69, 9.17) is 14.5 Å². The quantitative estimate of drug-likeness (QED) is 0.172. The molecule has 0 fully saturated rings. The summed E-state index contributed by atoms with van der Waals surface area (Å²) in [6.45, 7) is 13.8. The number of furan rings is 1. The number of benzene rings is 3. The third-order valence-corrected chi connectivity index (χ3v) is 12.2. The molecular formula is C42H43N5O+2. The molecule has 48 heavy (non-hydrogen) atoms. The first kappa shape index (κ1) is 29.3. The van der Waals surface area contributed by atoms with Gasteiger partial charge in [0.25, 0.3) is 16.8 Å². The lowest BCUT2D eigenvalue weighted by Crippen LogP contribution is -2.84. The lowest BCUT2D eigenvalue weighted by atomic mass is 9.59. The van der Waals surface area contributed by atoms with E-state index >= 15 is 0 Å². The molecule has 9 rings (SSSR count). The zero-order chi connectivity index (χ0) is 33.0. The van der Waals surface area contributed by atoms with E-state index in [-0.39, 0.29) is 0 Å². The van der Waals surface area contributed by atoms with Crippen molar-refractivity contribution in [2.75, 3.05) is 0 Å². The summed E-state index contributed by atoms with van der Waals surface area (Å²) < 4.78 is 14.5. The molecule has 0 saturated carbocycles. The molecule has 3 atom stereocenters. The Morgan fingerprint density at radius 2 is 1.67 bits per heavy atom. The number of aryl methyl sites for hydroxylation is 2. The third kappa shape index (κ3) is 3.33. The lowest BCUT2D eigenvalue weighted by molar-refractivity contribution is -0.861. The Bertz CT molecular complexity index is 2440. The fourth-order valence-corrected chi connectivity index (χ4v) is 10.0. The fraction of sp³-hybridized carbons (Fsp3) is 0.333. The van der Waals surface area contributed by atoms with E-state index in [0.29, 0.717) is 0 Å². The second-order valence-electron chi connectivity index (χ2n) is 14.2. The van der Waals surface area contributed by atoms with Gasteiger partial charge in [-0.25, -0.2) is 9.67 Å². The molecule has 6 heterocycles. The van der Waals surface area contributed by atoms with Crippen molar-refractivity contribution in [2.45, 2.75) is 90.3 Å². The van der Waals surface area contributed by atoms with Crippen LogP contribution in [0.3, 0.4) is 0 Å². The molecule has 3 aromatic carbocycles. The number of pyridine rings is 2.